The van der Waals surface area contributed by atoms with Gasteiger partial charge in [0.05, 0.1) is 6.42 Å². The molecule has 0 heterocycles. The SMILES string of the molecule is CSCC[C@H](NC=O)C(=O)N[C@@H](CC(=O)O)C(=O)NCC(=O)O. The average Bonchev–Trinajstić information content (AvgIpc) is 2.47. The van der Waals surface area contributed by atoms with E-state index in [2.05, 4.69) is 10.6 Å². The predicted octanol–water partition coefficient (Wildman–Crippen LogP) is -1.99. The first kappa shape index (κ1) is 20.7. The van der Waals surface area contributed by atoms with Gasteiger partial charge in [0.15, 0.2) is 0 Å². The Kier molecular flexibility index (Phi) is 10.2. The first-order valence-corrected chi connectivity index (χ1v) is 7.91. The van der Waals surface area contributed by atoms with Crippen LogP contribution in [0.25, 0.3) is 0 Å². The number of aliphatic carboxylic acids is 2. The van der Waals surface area contributed by atoms with Gasteiger partial charge in [-0.3, -0.25) is 24.0 Å². The van der Waals surface area contributed by atoms with Crippen LogP contribution >= 0.6 is 11.8 Å². The smallest absolute Gasteiger partial charge is 0.322 e. The average molecular weight is 349 g/mol. The third kappa shape index (κ3) is 9.34. The second-order valence-electron chi connectivity index (χ2n) is 4.39. The van der Waals surface area contributed by atoms with E-state index >= 15 is 0 Å². The van der Waals surface area contributed by atoms with Gasteiger partial charge in [-0.05, 0) is 18.4 Å². The summed E-state index contributed by atoms with van der Waals surface area (Å²) in [5, 5.41) is 23.8. The van der Waals surface area contributed by atoms with E-state index in [1.54, 1.807) is 0 Å². The van der Waals surface area contributed by atoms with Crippen molar-refractivity contribution in [3.05, 3.63) is 0 Å². The maximum absolute atomic E-state index is 12.0. The van der Waals surface area contributed by atoms with E-state index in [0.717, 1.165) is 0 Å². The maximum Gasteiger partial charge on any atom is 0.322 e. The summed E-state index contributed by atoms with van der Waals surface area (Å²) in [6, 6.07) is -2.35. The Morgan fingerprint density at radius 1 is 1.09 bits per heavy atom. The molecule has 0 radical (unpaired) electrons. The lowest BCUT2D eigenvalue weighted by Crippen LogP contribution is -2.53. The fourth-order valence-corrected chi connectivity index (χ4v) is 2.02. The van der Waals surface area contributed by atoms with Crippen molar-refractivity contribution in [1.82, 2.24) is 16.0 Å². The number of carboxylic acids is 2. The van der Waals surface area contributed by atoms with Crippen molar-refractivity contribution in [1.29, 1.82) is 0 Å². The van der Waals surface area contributed by atoms with E-state index in [1.165, 1.54) is 11.8 Å². The molecular weight excluding hydrogens is 330 g/mol. The molecule has 0 bridgehead atoms. The van der Waals surface area contributed by atoms with Gasteiger partial charge in [-0.15, -0.1) is 0 Å². The van der Waals surface area contributed by atoms with E-state index in [-0.39, 0.29) is 0 Å². The molecule has 0 aromatic heterocycles. The molecule has 0 fully saturated rings. The minimum Gasteiger partial charge on any atom is -0.481 e. The number of carbonyl (C=O) groups is 5. The van der Waals surface area contributed by atoms with Crippen molar-refractivity contribution < 1.29 is 34.2 Å². The van der Waals surface area contributed by atoms with Crippen molar-refractivity contribution in [2.75, 3.05) is 18.6 Å². The highest BCUT2D eigenvalue weighted by atomic mass is 32.2. The topological polar surface area (TPSA) is 162 Å². The number of rotatable bonds is 12. The van der Waals surface area contributed by atoms with Gasteiger partial charge in [0.1, 0.15) is 18.6 Å². The molecule has 3 amide bonds. The molecule has 0 aromatic rings. The molecule has 2 atom stereocenters. The minimum absolute atomic E-state index is 0.294. The summed E-state index contributed by atoms with van der Waals surface area (Å²) in [7, 11) is 0. The number of hydrogen-bond acceptors (Lipinski definition) is 6. The summed E-state index contributed by atoms with van der Waals surface area (Å²) in [5.41, 5.74) is 0. The Morgan fingerprint density at radius 2 is 1.74 bits per heavy atom. The number of carboxylic acid groups (broad SMARTS) is 2. The highest BCUT2D eigenvalue weighted by molar-refractivity contribution is 7.98. The van der Waals surface area contributed by atoms with E-state index in [0.29, 0.717) is 18.6 Å². The summed E-state index contributed by atoms with van der Waals surface area (Å²) in [6.45, 7) is -0.701. The van der Waals surface area contributed by atoms with Crippen LogP contribution in [0.2, 0.25) is 0 Å². The molecule has 130 valence electrons. The molecule has 0 aliphatic carbocycles. The van der Waals surface area contributed by atoms with Gasteiger partial charge in [-0.25, -0.2) is 0 Å². The van der Waals surface area contributed by atoms with E-state index in [1.807, 2.05) is 11.6 Å². The number of nitrogens with one attached hydrogen (secondary N) is 3. The number of amides is 3. The van der Waals surface area contributed by atoms with Crippen molar-refractivity contribution in [3.8, 4) is 0 Å². The van der Waals surface area contributed by atoms with Gasteiger partial charge in [-0.2, -0.15) is 11.8 Å². The number of thioether (sulfide) groups is 1. The molecule has 0 aromatic carbocycles. The molecule has 0 rings (SSSR count). The summed E-state index contributed by atoms with van der Waals surface area (Å²) in [6.07, 6.45) is 1.72. The number of hydrogen-bond donors (Lipinski definition) is 5. The van der Waals surface area contributed by atoms with Gasteiger partial charge >= 0.3 is 11.9 Å². The molecule has 0 saturated heterocycles. The zero-order chi connectivity index (χ0) is 17.8. The van der Waals surface area contributed by atoms with Crippen molar-refractivity contribution in [2.24, 2.45) is 0 Å². The zero-order valence-corrected chi connectivity index (χ0v) is 13.2. The Bertz CT molecular complexity index is 458. The highest BCUT2D eigenvalue weighted by Crippen LogP contribution is 2.02. The quantitative estimate of drug-likeness (QED) is 0.253. The van der Waals surface area contributed by atoms with Crippen LogP contribution in [0.4, 0.5) is 0 Å². The third-order valence-electron chi connectivity index (χ3n) is 2.62. The lowest BCUT2D eigenvalue weighted by Gasteiger charge is -2.20. The van der Waals surface area contributed by atoms with Crippen LogP contribution in [0.15, 0.2) is 0 Å². The Labute approximate surface area is 136 Å². The first-order valence-electron chi connectivity index (χ1n) is 6.52. The summed E-state index contributed by atoms with van der Waals surface area (Å²) in [5.74, 6) is -3.74. The summed E-state index contributed by atoms with van der Waals surface area (Å²) in [4.78, 5) is 55.5. The second-order valence-corrected chi connectivity index (χ2v) is 5.37. The van der Waals surface area contributed by atoms with Gasteiger partial charge in [0, 0.05) is 0 Å². The summed E-state index contributed by atoms with van der Waals surface area (Å²) >= 11 is 1.45. The van der Waals surface area contributed by atoms with E-state index < -0.39 is 48.8 Å². The minimum atomic E-state index is -1.44. The fraction of sp³-hybridized carbons (Fsp3) is 0.583. The largest absolute Gasteiger partial charge is 0.481 e. The molecule has 0 saturated carbocycles. The molecule has 23 heavy (non-hydrogen) atoms. The van der Waals surface area contributed by atoms with E-state index in [9.17, 15) is 24.0 Å². The molecule has 0 spiro atoms. The van der Waals surface area contributed by atoms with Crippen LogP contribution < -0.4 is 16.0 Å². The van der Waals surface area contributed by atoms with Crippen LogP contribution in [-0.2, 0) is 24.0 Å². The fourth-order valence-electron chi connectivity index (χ4n) is 1.55. The van der Waals surface area contributed by atoms with Gasteiger partial charge in [0.2, 0.25) is 18.2 Å². The van der Waals surface area contributed by atoms with Crippen molar-refractivity contribution in [2.45, 2.75) is 24.9 Å². The van der Waals surface area contributed by atoms with Crippen LogP contribution in [-0.4, -0.2) is 71.0 Å². The molecule has 0 unspecified atom stereocenters. The van der Waals surface area contributed by atoms with Crippen LogP contribution in [0.1, 0.15) is 12.8 Å². The lowest BCUT2D eigenvalue weighted by molar-refractivity contribution is -0.141. The Morgan fingerprint density at radius 3 is 2.22 bits per heavy atom. The first-order chi connectivity index (χ1) is 10.8. The molecule has 10 nitrogen and oxygen atoms in total. The molecular formula is C12H19N3O7S. The van der Waals surface area contributed by atoms with Gasteiger partial charge in [0.25, 0.3) is 0 Å². The van der Waals surface area contributed by atoms with Gasteiger partial charge in [-0.1, -0.05) is 0 Å². The Hall–Kier alpha value is -2.30. The van der Waals surface area contributed by atoms with Crippen LogP contribution in [0.3, 0.4) is 0 Å². The summed E-state index contributed by atoms with van der Waals surface area (Å²) < 4.78 is 0. The second kappa shape index (κ2) is 11.3. The molecule has 0 aliphatic rings. The Balaban J connectivity index is 4.85. The maximum atomic E-state index is 12.0. The lowest BCUT2D eigenvalue weighted by atomic mass is 10.1. The van der Waals surface area contributed by atoms with E-state index in [4.69, 9.17) is 10.2 Å². The van der Waals surface area contributed by atoms with Gasteiger partial charge < -0.3 is 26.2 Å². The zero-order valence-electron chi connectivity index (χ0n) is 12.4. The van der Waals surface area contributed by atoms with Crippen molar-refractivity contribution >= 4 is 41.9 Å². The predicted molar refractivity (Wildman–Crippen MR) is 80.8 cm³/mol. The molecule has 5 N–H and O–H groups in total. The third-order valence-corrected chi connectivity index (χ3v) is 3.27. The molecule has 11 heteroatoms. The normalized spacial score (nSPS) is 12.6. The number of carbonyl (C=O) groups excluding carboxylic acids is 3. The molecule has 0 aliphatic heterocycles. The van der Waals surface area contributed by atoms with Crippen molar-refractivity contribution in [3.63, 3.8) is 0 Å². The van der Waals surface area contributed by atoms with Crippen LogP contribution in [0, 0.1) is 0 Å². The standard InChI is InChI=1S/C12H19N3O7S/c1-23-3-2-7(14-6-16)12(22)15-8(4-9(17)18)11(21)13-5-10(19)20/h6-8H,2-5H2,1H3,(H,13,21)(H,14,16)(H,15,22)(H,17,18)(H,19,20)/t7-,8-/m0/s1. The monoisotopic (exact) mass is 349 g/mol. The van der Waals surface area contributed by atoms with Crippen LogP contribution in [0.5, 0.6) is 0 Å². The highest BCUT2D eigenvalue weighted by Gasteiger charge is 2.27.